The van der Waals surface area contributed by atoms with Crippen molar-refractivity contribution in [1.29, 1.82) is 0 Å². The molecule has 0 radical (unpaired) electrons. The van der Waals surface area contributed by atoms with Crippen molar-refractivity contribution in [2.45, 2.75) is 0 Å². The van der Waals surface area contributed by atoms with Gasteiger partial charge in [0.15, 0.2) is 5.75 Å². The Hall–Kier alpha value is -0.150. The fraction of sp³-hybridized carbons (Fsp3) is 0.333. The third-order valence-electron chi connectivity index (χ3n) is 1.50. The van der Waals surface area contributed by atoms with E-state index in [0.717, 1.165) is 0 Å². The second-order valence-corrected chi connectivity index (χ2v) is 3.79. The van der Waals surface area contributed by atoms with Crippen LogP contribution in [0.2, 0.25) is 15.1 Å². The van der Waals surface area contributed by atoms with Crippen LogP contribution in [0.25, 0.3) is 0 Å². The first-order valence-electron chi connectivity index (χ1n) is 3.91. The van der Waals surface area contributed by atoms with E-state index in [9.17, 15) is 0 Å². The van der Waals surface area contributed by atoms with E-state index >= 15 is 0 Å². The molecule has 78 valence electrons. The normalized spacial score (nSPS) is 10.3. The number of benzene rings is 1. The number of halogens is 3. The summed E-state index contributed by atoms with van der Waals surface area (Å²) in [6, 6.07) is 3.16. The molecule has 0 atom stereocenters. The molecule has 0 fully saturated rings. The van der Waals surface area contributed by atoms with Crippen LogP contribution in [0, 0.1) is 0 Å². The Morgan fingerprint density at radius 2 is 1.64 bits per heavy atom. The highest BCUT2D eigenvalue weighted by atomic mass is 35.5. The minimum atomic E-state index is 0.400. The van der Waals surface area contributed by atoms with E-state index < -0.39 is 0 Å². The summed E-state index contributed by atoms with van der Waals surface area (Å²) in [7, 11) is 1.59. The molecule has 1 rings (SSSR count). The molecule has 0 bridgehead atoms. The third-order valence-corrected chi connectivity index (χ3v) is 2.28. The van der Waals surface area contributed by atoms with E-state index in [-0.39, 0.29) is 0 Å². The van der Waals surface area contributed by atoms with Gasteiger partial charge in [-0.3, -0.25) is 0 Å². The van der Waals surface area contributed by atoms with E-state index in [0.29, 0.717) is 34.0 Å². The van der Waals surface area contributed by atoms with Gasteiger partial charge in [0, 0.05) is 12.1 Å². The summed E-state index contributed by atoms with van der Waals surface area (Å²) in [4.78, 5) is 0. The highest BCUT2D eigenvalue weighted by Crippen LogP contribution is 2.35. The van der Waals surface area contributed by atoms with Crippen molar-refractivity contribution in [3.8, 4) is 5.75 Å². The van der Waals surface area contributed by atoms with E-state index in [1.54, 1.807) is 19.2 Å². The predicted molar refractivity (Wildman–Crippen MR) is 58.8 cm³/mol. The van der Waals surface area contributed by atoms with E-state index in [4.69, 9.17) is 44.3 Å². The van der Waals surface area contributed by atoms with Crippen molar-refractivity contribution in [3.05, 3.63) is 27.2 Å². The lowest BCUT2D eigenvalue weighted by molar-refractivity contribution is 0.146. The van der Waals surface area contributed by atoms with Crippen LogP contribution >= 0.6 is 34.8 Å². The zero-order valence-electron chi connectivity index (χ0n) is 7.52. The van der Waals surface area contributed by atoms with Crippen molar-refractivity contribution < 1.29 is 9.47 Å². The molecular formula is C9H9Cl3O2. The van der Waals surface area contributed by atoms with Gasteiger partial charge in [-0.15, -0.1) is 0 Å². The highest BCUT2D eigenvalue weighted by Gasteiger charge is 2.08. The Morgan fingerprint density at radius 1 is 1.07 bits per heavy atom. The number of hydrogen-bond donors (Lipinski definition) is 0. The summed E-state index contributed by atoms with van der Waals surface area (Å²) in [5.41, 5.74) is 0. The summed E-state index contributed by atoms with van der Waals surface area (Å²) in [6.07, 6.45) is 0. The number of ether oxygens (including phenoxy) is 2. The Labute approximate surface area is 97.7 Å². The standard InChI is InChI=1S/C9H9Cl3O2/c1-13-2-3-14-9-7(11)4-6(10)5-8(9)12/h4-5H,2-3H2,1H3. The molecule has 1 aromatic carbocycles. The largest absolute Gasteiger partial charge is 0.488 e. The number of hydrogen-bond acceptors (Lipinski definition) is 2. The lowest BCUT2D eigenvalue weighted by atomic mass is 10.3. The minimum absolute atomic E-state index is 0.400. The van der Waals surface area contributed by atoms with Gasteiger partial charge in [0.1, 0.15) is 6.61 Å². The topological polar surface area (TPSA) is 18.5 Å². The summed E-state index contributed by atoms with van der Waals surface area (Å²) in [6.45, 7) is 0.882. The second-order valence-electron chi connectivity index (χ2n) is 2.54. The zero-order chi connectivity index (χ0) is 10.6. The molecule has 0 saturated carbocycles. The quantitative estimate of drug-likeness (QED) is 0.764. The monoisotopic (exact) mass is 254 g/mol. The van der Waals surface area contributed by atoms with Gasteiger partial charge in [-0.1, -0.05) is 34.8 Å². The molecule has 0 spiro atoms. The van der Waals surface area contributed by atoms with Crippen LogP contribution in [0.4, 0.5) is 0 Å². The first-order valence-corrected chi connectivity index (χ1v) is 5.05. The maximum absolute atomic E-state index is 5.88. The van der Waals surface area contributed by atoms with Gasteiger partial charge in [0.2, 0.25) is 0 Å². The maximum Gasteiger partial charge on any atom is 0.156 e. The zero-order valence-corrected chi connectivity index (χ0v) is 9.79. The Bertz CT molecular complexity index is 292. The molecule has 0 heterocycles. The summed E-state index contributed by atoms with van der Waals surface area (Å²) in [5.74, 6) is 0.440. The molecule has 0 saturated heterocycles. The predicted octanol–water partition coefficient (Wildman–Crippen LogP) is 3.67. The summed E-state index contributed by atoms with van der Waals surface area (Å²) in [5, 5.41) is 1.29. The molecule has 0 amide bonds. The molecule has 14 heavy (non-hydrogen) atoms. The molecule has 5 heteroatoms. The van der Waals surface area contributed by atoms with Gasteiger partial charge in [-0.2, -0.15) is 0 Å². The van der Waals surface area contributed by atoms with Gasteiger partial charge in [-0.05, 0) is 12.1 Å². The minimum Gasteiger partial charge on any atom is -0.488 e. The van der Waals surface area contributed by atoms with Gasteiger partial charge in [0.05, 0.1) is 16.7 Å². The van der Waals surface area contributed by atoms with Crippen LogP contribution in [0.3, 0.4) is 0 Å². The van der Waals surface area contributed by atoms with Crippen LogP contribution in [-0.2, 0) is 4.74 Å². The molecule has 0 unspecified atom stereocenters. The first-order chi connectivity index (χ1) is 6.65. The number of rotatable bonds is 4. The molecule has 0 aromatic heterocycles. The van der Waals surface area contributed by atoms with Crippen LogP contribution in [0.15, 0.2) is 12.1 Å². The molecule has 0 aliphatic rings. The van der Waals surface area contributed by atoms with Gasteiger partial charge in [0.25, 0.3) is 0 Å². The molecular weight excluding hydrogens is 246 g/mol. The molecule has 2 nitrogen and oxygen atoms in total. The van der Waals surface area contributed by atoms with Gasteiger partial charge < -0.3 is 9.47 Å². The van der Waals surface area contributed by atoms with E-state index in [1.165, 1.54) is 0 Å². The molecule has 0 N–H and O–H groups in total. The third kappa shape index (κ3) is 3.21. The Morgan fingerprint density at radius 3 is 2.14 bits per heavy atom. The molecule has 1 aromatic rings. The van der Waals surface area contributed by atoms with Crippen molar-refractivity contribution in [2.24, 2.45) is 0 Å². The van der Waals surface area contributed by atoms with Crippen molar-refractivity contribution in [1.82, 2.24) is 0 Å². The lowest BCUT2D eigenvalue weighted by Gasteiger charge is -2.09. The van der Waals surface area contributed by atoms with E-state index in [1.807, 2.05) is 0 Å². The van der Waals surface area contributed by atoms with Crippen LogP contribution < -0.4 is 4.74 Å². The average molecular weight is 256 g/mol. The second kappa shape index (κ2) is 5.66. The first kappa shape index (κ1) is 11.9. The Kier molecular flexibility index (Phi) is 4.82. The fourth-order valence-electron chi connectivity index (χ4n) is 0.894. The lowest BCUT2D eigenvalue weighted by Crippen LogP contribution is -2.04. The van der Waals surface area contributed by atoms with Crippen LogP contribution in [0.5, 0.6) is 5.75 Å². The smallest absolute Gasteiger partial charge is 0.156 e. The fourth-order valence-corrected chi connectivity index (χ4v) is 1.82. The van der Waals surface area contributed by atoms with Crippen molar-refractivity contribution >= 4 is 34.8 Å². The SMILES string of the molecule is COCCOc1c(Cl)cc(Cl)cc1Cl. The highest BCUT2D eigenvalue weighted by molar-refractivity contribution is 6.40. The summed E-state index contributed by atoms with van der Waals surface area (Å²) >= 11 is 17.5. The van der Waals surface area contributed by atoms with E-state index in [2.05, 4.69) is 0 Å². The van der Waals surface area contributed by atoms with Gasteiger partial charge in [-0.25, -0.2) is 0 Å². The average Bonchev–Trinajstić information content (AvgIpc) is 2.09. The number of methoxy groups -OCH3 is 1. The van der Waals surface area contributed by atoms with Crippen LogP contribution in [0.1, 0.15) is 0 Å². The van der Waals surface area contributed by atoms with Crippen molar-refractivity contribution in [3.63, 3.8) is 0 Å². The maximum atomic E-state index is 5.88. The van der Waals surface area contributed by atoms with Crippen LogP contribution in [-0.4, -0.2) is 20.3 Å². The Balaban J connectivity index is 2.75. The molecule has 0 aliphatic carbocycles. The van der Waals surface area contributed by atoms with Crippen molar-refractivity contribution in [2.75, 3.05) is 20.3 Å². The molecule has 0 aliphatic heterocycles. The van der Waals surface area contributed by atoms with Gasteiger partial charge >= 0.3 is 0 Å². The summed E-state index contributed by atoms with van der Waals surface area (Å²) < 4.78 is 10.1.